The number of hydrogen-bond donors (Lipinski definition) is 1. The van der Waals surface area contributed by atoms with E-state index in [1.54, 1.807) is 56.7 Å². The number of nitriles is 1. The van der Waals surface area contributed by atoms with Crippen molar-refractivity contribution in [1.29, 1.82) is 5.26 Å². The molecular formula is C29H28N2O6. The van der Waals surface area contributed by atoms with Crippen molar-refractivity contribution in [3.8, 4) is 34.8 Å². The first-order valence-electron chi connectivity index (χ1n) is 11.7. The largest absolute Gasteiger partial charge is 0.497 e. The summed E-state index contributed by atoms with van der Waals surface area (Å²) in [6.07, 6.45) is 0. The molecule has 1 atom stereocenters. The lowest BCUT2D eigenvalue weighted by molar-refractivity contribution is 0.0734. The second-order valence-electron chi connectivity index (χ2n) is 8.86. The van der Waals surface area contributed by atoms with E-state index in [1.807, 2.05) is 18.2 Å². The van der Waals surface area contributed by atoms with E-state index in [0.717, 1.165) is 5.56 Å². The SMILES string of the molecule is COc1ccc(C(=O)Oc2ccc3c(c2)OC(N)=C(C#N)C3c2ccc(OCC(C)C)c(OC)c2)cc1. The first-order valence-corrected chi connectivity index (χ1v) is 11.7. The Bertz CT molecular complexity index is 1370. The molecule has 0 saturated carbocycles. The van der Waals surface area contributed by atoms with Crippen molar-refractivity contribution < 1.29 is 28.5 Å². The van der Waals surface area contributed by atoms with Gasteiger partial charge in [-0.1, -0.05) is 26.0 Å². The summed E-state index contributed by atoms with van der Waals surface area (Å²) < 4.78 is 27.9. The van der Waals surface area contributed by atoms with Gasteiger partial charge in [0.05, 0.1) is 32.3 Å². The molecule has 1 aliphatic rings. The van der Waals surface area contributed by atoms with Gasteiger partial charge in [0, 0.05) is 11.6 Å². The number of esters is 1. The lowest BCUT2D eigenvalue weighted by atomic mass is 9.83. The van der Waals surface area contributed by atoms with E-state index in [1.165, 1.54) is 0 Å². The Balaban J connectivity index is 1.65. The minimum absolute atomic E-state index is 0.0160. The Hall–Kier alpha value is -4.64. The molecule has 1 heterocycles. The van der Waals surface area contributed by atoms with Gasteiger partial charge in [-0.3, -0.25) is 0 Å². The predicted molar refractivity (Wildman–Crippen MR) is 137 cm³/mol. The van der Waals surface area contributed by atoms with Crippen LogP contribution in [-0.2, 0) is 0 Å². The maximum Gasteiger partial charge on any atom is 0.343 e. The zero-order valence-corrected chi connectivity index (χ0v) is 21.1. The van der Waals surface area contributed by atoms with Gasteiger partial charge in [0.15, 0.2) is 11.5 Å². The summed E-state index contributed by atoms with van der Waals surface area (Å²) >= 11 is 0. The molecule has 0 aromatic heterocycles. The number of ether oxygens (including phenoxy) is 5. The molecule has 4 rings (SSSR count). The fraction of sp³-hybridized carbons (Fsp3) is 0.241. The highest BCUT2D eigenvalue weighted by atomic mass is 16.5. The molecule has 0 saturated heterocycles. The third-order valence-corrected chi connectivity index (χ3v) is 5.82. The smallest absolute Gasteiger partial charge is 0.343 e. The Morgan fingerprint density at radius 1 is 1.00 bits per heavy atom. The van der Waals surface area contributed by atoms with Crippen LogP contribution in [0.5, 0.6) is 28.7 Å². The molecule has 0 fully saturated rings. The summed E-state index contributed by atoms with van der Waals surface area (Å²) in [5.74, 6) is 1.77. The summed E-state index contributed by atoms with van der Waals surface area (Å²) in [6, 6.07) is 19.3. The van der Waals surface area contributed by atoms with Crippen molar-refractivity contribution in [2.45, 2.75) is 19.8 Å². The van der Waals surface area contributed by atoms with E-state index >= 15 is 0 Å². The first kappa shape index (κ1) is 25.5. The van der Waals surface area contributed by atoms with Gasteiger partial charge in [-0.15, -0.1) is 0 Å². The topological polar surface area (TPSA) is 113 Å². The Morgan fingerprint density at radius 2 is 1.73 bits per heavy atom. The van der Waals surface area contributed by atoms with Crippen LogP contribution in [0, 0.1) is 17.2 Å². The maximum atomic E-state index is 12.6. The molecule has 3 aromatic carbocycles. The third-order valence-electron chi connectivity index (χ3n) is 5.82. The van der Waals surface area contributed by atoms with Crippen LogP contribution in [0.2, 0.25) is 0 Å². The van der Waals surface area contributed by atoms with Gasteiger partial charge in [-0.25, -0.2) is 4.79 Å². The van der Waals surface area contributed by atoms with E-state index in [-0.39, 0.29) is 17.2 Å². The second kappa shape index (κ2) is 11.0. The van der Waals surface area contributed by atoms with Crippen molar-refractivity contribution in [2.24, 2.45) is 11.7 Å². The molecule has 8 nitrogen and oxygen atoms in total. The van der Waals surface area contributed by atoms with Gasteiger partial charge in [-0.2, -0.15) is 5.26 Å². The van der Waals surface area contributed by atoms with Gasteiger partial charge in [0.25, 0.3) is 0 Å². The number of carbonyl (C=O) groups excluding carboxylic acids is 1. The molecule has 0 radical (unpaired) electrons. The van der Waals surface area contributed by atoms with Crippen LogP contribution >= 0.6 is 0 Å². The number of nitrogens with zero attached hydrogens (tertiary/aromatic N) is 1. The third kappa shape index (κ3) is 5.46. The van der Waals surface area contributed by atoms with E-state index in [2.05, 4.69) is 19.9 Å². The highest BCUT2D eigenvalue weighted by Gasteiger charge is 2.32. The Morgan fingerprint density at radius 3 is 2.38 bits per heavy atom. The number of rotatable bonds is 8. The minimum Gasteiger partial charge on any atom is -0.497 e. The number of benzene rings is 3. The first-order chi connectivity index (χ1) is 17.8. The fourth-order valence-electron chi connectivity index (χ4n) is 3.97. The molecule has 0 amide bonds. The van der Waals surface area contributed by atoms with Gasteiger partial charge >= 0.3 is 5.97 Å². The van der Waals surface area contributed by atoms with Crippen LogP contribution in [0.1, 0.15) is 41.3 Å². The highest BCUT2D eigenvalue weighted by Crippen LogP contribution is 2.45. The average Bonchev–Trinajstić information content (AvgIpc) is 2.90. The van der Waals surface area contributed by atoms with E-state index in [0.29, 0.717) is 46.6 Å². The summed E-state index contributed by atoms with van der Waals surface area (Å²) in [7, 11) is 3.12. The summed E-state index contributed by atoms with van der Waals surface area (Å²) in [5.41, 5.74) is 8.27. The van der Waals surface area contributed by atoms with Crippen LogP contribution in [0.3, 0.4) is 0 Å². The van der Waals surface area contributed by atoms with Gasteiger partial charge < -0.3 is 29.4 Å². The molecule has 3 aromatic rings. The van der Waals surface area contributed by atoms with Crippen LogP contribution in [0.15, 0.2) is 72.1 Å². The van der Waals surface area contributed by atoms with Crippen molar-refractivity contribution >= 4 is 5.97 Å². The zero-order valence-electron chi connectivity index (χ0n) is 21.1. The molecule has 190 valence electrons. The molecule has 1 unspecified atom stereocenters. The van der Waals surface area contributed by atoms with Crippen LogP contribution in [0.4, 0.5) is 0 Å². The van der Waals surface area contributed by atoms with Gasteiger partial charge in [-0.05, 0) is 53.9 Å². The number of fused-ring (bicyclic) bond motifs is 1. The van der Waals surface area contributed by atoms with Crippen LogP contribution in [-0.4, -0.2) is 26.8 Å². The number of carbonyl (C=O) groups is 1. The van der Waals surface area contributed by atoms with Crippen molar-refractivity contribution in [3.63, 3.8) is 0 Å². The molecule has 37 heavy (non-hydrogen) atoms. The normalized spacial score (nSPS) is 14.3. The van der Waals surface area contributed by atoms with Gasteiger partial charge in [0.2, 0.25) is 5.88 Å². The quantitative estimate of drug-likeness (QED) is 0.333. The molecule has 8 heteroatoms. The van der Waals surface area contributed by atoms with Crippen molar-refractivity contribution in [3.05, 3.63) is 88.8 Å². The summed E-state index contributed by atoms with van der Waals surface area (Å²) in [6.45, 7) is 4.67. The average molecular weight is 501 g/mol. The van der Waals surface area contributed by atoms with Crippen LogP contribution < -0.4 is 29.4 Å². The van der Waals surface area contributed by atoms with E-state index < -0.39 is 11.9 Å². The molecule has 1 aliphatic heterocycles. The zero-order chi connectivity index (χ0) is 26.5. The van der Waals surface area contributed by atoms with E-state index in [4.69, 9.17) is 29.4 Å². The number of nitrogens with two attached hydrogens (primary N) is 1. The lowest BCUT2D eigenvalue weighted by Crippen LogP contribution is -2.21. The molecule has 0 aliphatic carbocycles. The second-order valence-corrected chi connectivity index (χ2v) is 8.86. The van der Waals surface area contributed by atoms with Crippen molar-refractivity contribution in [1.82, 2.24) is 0 Å². The lowest BCUT2D eigenvalue weighted by Gasteiger charge is -2.27. The minimum atomic E-state index is -0.530. The molecule has 0 spiro atoms. The Labute approximate surface area is 215 Å². The maximum absolute atomic E-state index is 12.6. The van der Waals surface area contributed by atoms with E-state index in [9.17, 15) is 10.1 Å². The fourth-order valence-corrected chi connectivity index (χ4v) is 3.97. The predicted octanol–water partition coefficient (Wildman–Crippen LogP) is 5.18. The highest BCUT2D eigenvalue weighted by molar-refractivity contribution is 5.91. The number of allylic oxidation sites excluding steroid dienone is 1. The monoisotopic (exact) mass is 500 g/mol. The van der Waals surface area contributed by atoms with Crippen LogP contribution in [0.25, 0.3) is 0 Å². The summed E-state index contributed by atoms with van der Waals surface area (Å²) in [4.78, 5) is 12.6. The number of hydrogen-bond acceptors (Lipinski definition) is 8. The standard InChI is InChI=1S/C29H28N2O6/c1-17(2)16-35-24-12-7-19(13-26(24)34-4)27-22-11-10-21(14-25(22)37-28(31)23(27)15-30)36-29(32)18-5-8-20(33-3)9-6-18/h5-14,17,27H,16,31H2,1-4H3. The number of methoxy groups -OCH3 is 2. The Kier molecular flexibility index (Phi) is 7.54. The molecule has 0 bridgehead atoms. The van der Waals surface area contributed by atoms with Gasteiger partial charge in [0.1, 0.15) is 28.9 Å². The molecular weight excluding hydrogens is 472 g/mol. The van der Waals surface area contributed by atoms with Crippen molar-refractivity contribution in [2.75, 3.05) is 20.8 Å². The summed E-state index contributed by atoms with van der Waals surface area (Å²) in [5, 5.41) is 9.88. The molecule has 2 N–H and O–H groups in total.